The zero-order valence-electron chi connectivity index (χ0n) is 40.8. The highest BCUT2D eigenvalue weighted by Gasteiger charge is 2.51. The molecule has 9 atom stereocenters. The normalized spacial score (nSPS) is 32.5. The van der Waals surface area contributed by atoms with Crippen molar-refractivity contribution in [2.75, 3.05) is 51.7 Å². The van der Waals surface area contributed by atoms with Crippen LogP contribution in [0.25, 0.3) is 10.8 Å². The number of piperidine rings is 2. The Balaban J connectivity index is 1.35. The quantitative estimate of drug-likeness (QED) is 0.186. The molecule has 67 heavy (non-hydrogen) atoms. The topological polar surface area (TPSA) is 212 Å². The van der Waals surface area contributed by atoms with Gasteiger partial charge in [0.1, 0.15) is 34.0 Å². The van der Waals surface area contributed by atoms with Crippen molar-refractivity contribution in [3.63, 3.8) is 0 Å². The number of phenolic OH excluding ortho intramolecular Hbond substituents is 2. The van der Waals surface area contributed by atoms with E-state index in [1.54, 1.807) is 58.9 Å². The number of phenols is 2. The van der Waals surface area contributed by atoms with Crippen molar-refractivity contribution >= 4 is 34.1 Å². The zero-order chi connectivity index (χ0) is 48.7. The van der Waals surface area contributed by atoms with Gasteiger partial charge < -0.3 is 49.6 Å². The molecule has 366 valence electrons. The molecule has 6 heterocycles. The first-order valence-electron chi connectivity index (χ1n) is 24.0. The molecular weight excluding hydrogens is 859 g/mol. The Labute approximate surface area is 393 Å². The Hall–Kier alpha value is -4.87. The number of aromatic hydroxyl groups is 2. The van der Waals surface area contributed by atoms with Crippen LogP contribution in [0, 0.1) is 36.5 Å². The third-order valence-electron chi connectivity index (χ3n) is 14.7. The molecule has 0 saturated carbocycles. The molecule has 1 unspecified atom stereocenters. The fourth-order valence-electron chi connectivity index (χ4n) is 10.5. The van der Waals surface area contributed by atoms with Gasteiger partial charge >= 0.3 is 11.8 Å². The van der Waals surface area contributed by atoms with Gasteiger partial charge in [0.15, 0.2) is 5.75 Å². The summed E-state index contributed by atoms with van der Waals surface area (Å²) < 4.78 is 24.8. The van der Waals surface area contributed by atoms with Crippen LogP contribution < -0.4 is 20.8 Å². The number of ketones is 1. The molecule has 6 aliphatic heterocycles. The highest BCUT2D eigenvalue weighted by atomic mass is 16.7. The van der Waals surface area contributed by atoms with E-state index in [-0.39, 0.29) is 56.2 Å². The van der Waals surface area contributed by atoms with Crippen LogP contribution in [0.15, 0.2) is 46.1 Å². The summed E-state index contributed by atoms with van der Waals surface area (Å²) in [6.07, 6.45) is 8.24. The van der Waals surface area contributed by atoms with Crippen molar-refractivity contribution < 1.29 is 53.8 Å². The lowest BCUT2D eigenvalue weighted by Crippen LogP contribution is -2.47. The first kappa shape index (κ1) is 50.0. The molecule has 2 saturated heterocycles. The number of hydrogen-bond acceptors (Lipinski definition) is 15. The summed E-state index contributed by atoms with van der Waals surface area (Å²) in [5.74, 6) is -6.47. The van der Waals surface area contributed by atoms with E-state index in [4.69, 9.17) is 23.9 Å². The van der Waals surface area contributed by atoms with Crippen LogP contribution in [-0.4, -0.2) is 130 Å². The van der Waals surface area contributed by atoms with Gasteiger partial charge in [-0.25, -0.2) is 4.99 Å². The van der Waals surface area contributed by atoms with Crippen molar-refractivity contribution in [3.8, 4) is 17.2 Å². The van der Waals surface area contributed by atoms with Gasteiger partial charge in [-0.15, -0.1) is 0 Å². The number of methoxy groups -OCH3 is 1. The van der Waals surface area contributed by atoms with Gasteiger partial charge in [-0.05, 0) is 51.8 Å². The van der Waals surface area contributed by atoms with Gasteiger partial charge in [-0.3, -0.25) is 24.3 Å². The van der Waals surface area contributed by atoms with E-state index in [9.17, 15) is 34.8 Å². The molecule has 6 aliphatic rings. The van der Waals surface area contributed by atoms with Crippen molar-refractivity contribution in [3.05, 3.63) is 58.0 Å². The number of aliphatic hydroxyl groups is 2. The van der Waals surface area contributed by atoms with Gasteiger partial charge in [-0.2, -0.15) is 0 Å². The molecule has 8 rings (SSSR count). The predicted molar refractivity (Wildman–Crippen MR) is 252 cm³/mol. The summed E-state index contributed by atoms with van der Waals surface area (Å²) in [4.78, 5) is 56.5. The molecule has 16 heteroatoms. The SMILES string of the molecule is CO[C@H]1/C=C/O[C@@]2(C)Oc3c(C)c(O)c4c(O)c(c5c(c4c3C2=O)NC2(CCN(CC(C)C)CC2)N=5)=NC(=O)/C(C)=C\C=C\[C@H](C)[C@H](O)[C@@H](C)[C@@H](O)[C@@H](C)C(OC(=O)CN2CCCCC2)[C@@H]1C. The second-order valence-electron chi connectivity index (χ2n) is 20.2. The molecule has 1 spiro atoms. The number of nitrogens with zero attached hydrogens (tertiary/aromatic N) is 4. The number of benzene rings is 2. The summed E-state index contributed by atoms with van der Waals surface area (Å²) >= 11 is 0. The second-order valence-corrected chi connectivity index (χ2v) is 20.2. The number of likely N-dealkylation sites (tertiary alicyclic amines) is 2. The zero-order valence-corrected chi connectivity index (χ0v) is 40.8. The number of nitrogens with one attached hydrogen (secondary N) is 1. The van der Waals surface area contributed by atoms with Crippen molar-refractivity contribution in [1.29, 1.82) is 0 Å². The van der Waals surface area contributed by atoms with Crippen molar-refractivity contribution in [2.24, 2.45) is 39.6 Å². The van der Waals surface area contributed by atoms with Gasteiger partial charge in [-0.1, -0.05) is 66.2 Å². The van der Waals surface area contributed by atoms with E-state index >= 15 is 0 Å². The minimum absolute atomic E-state index is 0.0591. The number of rotatable bonds is 6. The van der Waals surface area contributed by atoms with Gasteiger partial charge in [0.05, 0.1) is 47.8 Å². The number of hydrogen-bond donors (Lipinski definition) is 5. The lowest BCUT2D eigenvalue weighted by molar-refractivity contribution is -0.164. The number of aliphatic hydroxyl groups excluding tert-OH is 2. The van der Waals surface area contributed by atoms with E-state index in [1.165, 1.54) is 20.3 Å². The molecule has 2 aromatic rings. The van der Waals surface area contributed by atoms with Gasteiger partial charge in [0.2, 0.25) is 0 Å². The summed E-state index contributed by atoms with van der Waals surface area (Å²) in [5, 5.41) is 51.3. The Morgan fingerprint density at radius 3 is 2.25 bits per heavy atom. The molecule has 0 radical (unpaired) electrons. The number of allylic oxidation sites excluding steroid dienone is 2. The summed E-state index contributed by atoms with van der Waals surface area (Å²) in [5.41, 5.74) is -0.0968. The Bertz CT molecular complexity index is 2450. The fourth-order valence-corrected chi connectivity index (χ4v) is 10.5. The third-order valence-corrected chi connectivity index (χ3v) is 14.7. The first-order valence-corrected chi connectivity index (χ1v) is 24.0. The van der Waals surface area contributed by atoms with Crippen molar-refractivity contribution in [1.82, 2.24) is 9.80 Å². The molecule has 2 fully saturated rings. The molecule has 1 amide bonds. The maximum Gasteiger partial charge on any atom is 0.320 e. The lowest BCUT2D eigenvalue weighted by Gasteiger charge is -2.38. The number of carbonyl (C=O) groups excluding carboxylic acids is 3. The third kappa shape index (κ3) is 9.87. The predicted octanol–water partition coefficient (Wildman–Crippen LogP) is 5.22. The highest BCUT2D eigenvalue weighted by Crippen LogP contribution is 2.51. The Morgan fingerprint density at radius 1 is 0.910 bits per heavy atom. The summed E-state index contributed by atoms with van der Waals surface area (Å²) in [6, 6.07) is 0. The molecule has 5 bridgehead atoms. The fraction of sp³-hybridized carbons (Fsp3) is 0.627. The van der Waals surface area contributed by atoms with Gasteiger partial charge in [0.25, 0.3) is 11.7 Å². The molecular formula is C51H71N5O11. The second kappa shape index (κ2) is 20.0. The summed E-state index contributed by atoms with van der Waals surface area (Å²) in [7, 11) is 1.50. The van der Waals surface area contributed by atoms with Crippen LogP contribution in [0.3, 0.4) is 0 Å². The van der Waals surface area contributed by atoms with E-state index < -0.39 is 82.9 Å². The smallest absolute Gasteiger partial charge is 0.320 e. The van der Waals surface area contributed by atoms with Crippen LogP contribution in [0.5, 0.6) is 17.2 Å². The van der Waals surface area contributed by atoms with E-state index in [0.29, 0.717) is 24.4 Å². The minimum atomic E-state index is -1.96. The van der Waals surface area contributed by atoms with E-state index in [1.807, 2.05) is 6.92 Å². The van der Waals surface area contributed by atoms with Gasteiger partial charge in [0, 0.05) is 86.7 Å². The number of Topliss-reactive ketones (excluding diaryl/α,β-unsaturated/α-hetero) is 1. The number of anilines is 1. The highest BCUT2D eigenvalue weighted by molar-refractivity contribution is 6.21. The molecule has 16 nitrogen and oxygen atoms in total. The van der Waals surface area contributed by atoms with E-state index in [0.717, 1.165) is 52.0 Å². The maximum atomic E-state index is 14.9. The van der Waals surface area contributed by atoms with Crippen molar-refractivity contribution in [2.45, 2.75) is 130 Å². The van der Waals surface area contributed by atoms with Crippen LogP contribution in [0.4, 0.5) is 5.69 Å². The van der Waals surface area contributed by atoms with Crippen LogP contribution >= 0.6 is 0 Å². The number of carbonyl (C=O) groups is 3. The molecule has 0 aromatic heterocycles. The monoisotopic (exact) mass is 930 g/mol. The maximum absolute atomic E-state index is 14.9. The van der Waals surface area contributed by atoms with Crippen LogP contribution in [0.2, 0.25) is 0 Å². The standard InChI is InChI=1S/C51H71N5O11/c1-27(2)25-56-22-18-51(19-23-56)53-39-36-37-44(60)33(8)47-38(36)48(62)50(9,67-47)65-24-17-34(64-10)30(5)46(66-35(57)26-55-20-12-11-13-21-55)32(7)43(59)31(6)42(58)28(3)15-14-16-29(4)49(63)52-41(45(37)61)40(39)54-51/h14-17,24,27-28,30-32,34,42-43,46,53,58-61H,11-13,18-23,25-26H2,1-10H3/b15-14+,24-17+,29-16-,52-41?/t28-,30+,31+,32+,34-,42-,43+,46?,50-/m0/s1. The Morgan fingerprint density at radius 2 is 1.60 bits per heavy atom. The lowest BCUT2D eigenvalue weighted by atomic mass is 9.78. The van der Waals surface area contributed by atoms with Crippen LogP contribution in [-0.2, 0) is 23.8 Å². The molecule has 0 aliphatic carbocycles. The minimum Gasteiger partial charge on any atom is -0.507 e. The molecule has 5 N–H and O–H groups in total. The first-order chi connectivity index (χ1) is 31.7. The Kier molecular flexibility index (Phi) is 14.9. The number of ether oxygens (including phenoxy) is 4. The summed E-state index contributed by atoms with van der Waals surface area (Å²) in [6.45, 7) is 20.1. The number of esters is 1. The largest absolute Gasteiger partial charge is 0.507 e. The number of fused-ring (bicyclic) bond motifs is 13. The van der Waals surface area contributed by atoms with E-state index in [2.05, 4.69) is 34.0 Å². The average molecular weight is 930 g/mol. The van der Waals surface area contributed by atoms with Crippen LogP contribution in [0.1, 0.15) is 103 Å². The number of amides is 1. The average Bonchev–Trinajstić information content (AvgIpc) is 3.80. The molecule has 2 aromatic carbocycles.